The maximum absolute atomic E-state index is 11.6. The second kappa shape index (κ2) is 6.51. The van der Waals surface area contributed by atoms with Crippen molar-refractivity contribution in [2.75, 3.05) is 12.4 Å². The molecular weight excluding hydrogens is 266 g/mol. The normalized spacial score (nSPS) is 10.3. The highest BCUT2D eigenvalue weighted by molar-refractivity contribution is 7.13. The van der Waals surface area contributed by atoms with Gasteiger partial charge < -0.3 is 10.6 Å². The molecule has 0 aliphatic heterocycles. The van der Waals surface area contributed by atoms with E-state index < -0.39 is 0 Å². The third kappa shape index (κ3) is 3.82. The molecule has 6 heteroatoms. The van der Waals surface area contributed by atoms with E-state index in [-0.39, 0.29) is 5.91 Å². The van der Waals surface area contributed by atoms with Crippen LogP contribution in [0.25, 0.3) is 0 Å². The molecule has 4 nitrogen and oxygen atoms in total. The number of aryl methyl sites for hydroxylation is 1. The Labute approximate surface area is 114 Å². The molecule has 0 fully saturated rings. The van der Waals surface area contributed by atoms with E-state index in [1.54, 1.807) is 22.7 Å². The number of rotatable bonds is 6. The zero-order chi connectivity index (χ0) is 12.8. The highest BCUT2D eigenvalue weighted by Crippen LogP contribution is 2.14. The lowest BCUT2D eigenvalue weighted by Crippen LogP contribution is -2.23. The van der Waals surface area contributed by atoms with Gasteiger partial charge in [-0.2, -0.15) is 0 Å². The molecule has 0 atom stereocenters. The van der Waals surface area contributed by atoms with Gasteiger partial charge >= 0.3 is 0 Å². The fourth-order valence-corrected chi connectivity index (χ4v) is 2.85. The first-order valence-electron chi connectivity index (χ1n) is 5.69. The summed E-state index contributed by atoms with van der Waals surface area (Å²) in [6.45, 7) is 0.501. The lowest BCUT2D eigenvalue weighted by atomic mass is 10.2. The fourth-order valence-electron chi connectivity index (χ4n) is 1.47. The fraction of sp³-hybridized carbons (Fsp3) is 0.333. The van der Waals surface area contributed by atoms with Crippen LogP contribution in [0.2, 0.25) is 0 Å². The minimum absolute atomic E-state index is 0.0717. The van der Waals surface area contributed by atoms with E-state index in [9.17, 15) is 4.79 Å². The van der Waals surface area contributed by atoms with Gasteiger partial charge in [0.25, 0.3) is 0 Å². The maximum Gasteiger partial charge on any atom is 0.220 e. The maximum atomic E-state index is 11.6. The second-order valence-corrected chi connectivity index (χ2v) is 5.64. The third-order valence-corrected chi connectivity index (χ3v) is 4.26. The Morgan fingerprint density at radius 3 is 3.00 bits per heavy atom. The van der Waals surface area contributed by atoms with Crippen molar-refractivity contribution in [3.8, 4) is 0 Å². The van der Waals surface area contributed by atoms with Crippen molar-refractivity contribution in [3.05, 3.63) is 33.5 Å². The summed E-state index contributed by atoms with van der Waals surface area (Å²) in [5, 5.41) is 10.7. The van der Waals surface area contributed by atoms with E-state index in [4.69, 9.17) is 0 Å². The van der Waals surface area contributed by atoms with Crippen molar-refractivity contribution in [1.29, 1.82) is 0 Å². The molecule has 2 aromatic rings. The summed E-state index contributed by atoms with van der Waals surface area (Å²) in [5.41, 5.74) is 0.897. The molecular formula is C12H15N3OS2. The van der Waals surface area contributed by atoms with Crippen molar-refractivity contribution >= 4 is 33.7 Å². The summed E-state index contributed by atoms with van der Waals surface area (Å²) in [6.07, 6.45) is 1.34. The standard InChI is InChI=1S/C12H15N3OS2/c1-13-12-15-9(8-18-12)7-14-11(16)5-4-10-3-2-6-17-10/h2-3,6,8H,4-5,7H2,1H3,(H,13,15)(H,14,16). The topological polar surface area (TPSA) is 54.0 Å². The van der Waals surface area contributed by atoms with Gasteiger partial charge in [0.05, 0.1) is 12.2 Å². The van der Waals surface area contributed by atoms with Crippen LogP contribution >= 0.6 is 22.7 Å². The molecule has 0 spiro atoms. The molecule has 2 rings (SSSR count). The Morgan fingerprint density at radius 2 is 2.33 bits per heavy atom. The Bertz CT molecular complexity index is 493. The number of anilines is 1. The average molecular weight is 281 g/mol. The van der Waals surface area contributed by atoms with E-state index in [1.807, 2.05) is 23.9 Å². The van der Waals surface area contributed by atoms with Crippen LogP contribution in [0.15, 0.2) is 22.9 Å². The van der Waals surface area contributed by atoms with Crippen LogP contribution < -0.4 is 10.6 Å². The van der Waals surface area contributed by atoms with E-state index in [2.05, 4.69) is 21.7 Å². The van der Waals surface area contributed by atoms with Crippen LogP contribution in [0.3, 0.4) is 0 Å². The van der Waals surface area contributed by atoms with Gasteiger partial charge in [-0.1, -0.05) is 6.07 Å². The van der Waals surface area contributed by atoms with Crippen LogP contribution in [-0.2, 0) is 17.8 Å². The van der Waals surface area contributed by atoms with Crippen molar-refractivity contribution in [1.82, 2.24) is 10.3 Å². The molecule has 0 saturated carbocycles. The zero-order valence-electron chi connectivity index (χ0n) is 10.1. The molecule has 0 unspecified atom stereocenters. The molecule has 2 N–H and O–H groups in total. The molecule has 0 bridgehead atoms. The number of nitrogens with one attached hydrogen (secondary N) is 2. The molecule has 2 heterocycles. The number of thiazole rings is 1. The van der Waals surface area contributed by atoms with Crippen molar-refractivity contribution in [2.24, 2.45) is 0 Å². The van der Waals surface area contributed by atoms with E-state index in [0.29, 0.717) is 13.0 Å². The lowest BCUT2D eigenvalue weighted by molar-refractivity contribution is -0.121. The monoisotopic (exact) mass is 281 g/mol. The number of carbonyl (C=O) groups is 1. The van der Waals surface area contributed by atoms with Crippen LogP contribution in [0, 0.1) is 0 Å². The largest absolute Gasteiger partial charge is 0.365 e. The number of thiophene rings is 1. The molecule has 0 radical (unpaired) electrons. The lowest BCUT2D eigenvalue weighted by Gasteiger charge is -2.02. The Hall–Kier alpha value is -1.40. The van der Waals surface area contributed by atoms with Crippen molar-refractivity contribution < 1.29 is 4.79 Å². The van der Waals surface area contributed by atoms with Crippen LogP contribution in [-0.4, -0.2) is 17.9 Å². The number of amides is 1. The van der Waals surface area contributed by atoms with Crippen LogP contribution in [0.5, 0.6) is 0 Å². The van der Waals surface area contributed by atoms with Gasteiger partial charge in [0.2, 0.25) is 5.91 Å². The smallest absolute Gasteiger partial charge is 0.220 e. The van der Waals surface area contributed by atoms with Crippen LogP contribution in [0.4, 0.5) is 5.13 Å². The molecule has 96 valence electrons. The van der Waals surface area contributed by atoms with Gasteiger partial charge in [-0.05, 0) is 17.9 Å². The molecule has 0 saturated heterocycles. The molecule has 2 aromatic heterocycles. The summed E-state index contributed by atoms with van der Waals surface area (Å²) < 4.78 is 0. The van der Waals surface area contributed by atoms with Gasteiger partial charge in [-0.3, -0.25) is 4.79 Å². The summed E-state index contributed by atoms with van der Waals surface area (Å²) in [6, 6.07) is 4.06. The Morgan fingerprint density at radius 1 is 1.44 bits per heavy atom. The predicted molar refractivity (Wildman–Crippen MR) is 76.1 cm³/mol. The Balaban J connectivity index is 1.71. The first-order valence-corrected chi connectivity index (χ1v) is 7.45. The van der Waals surface area contributed by atoms with Crippen molar-refractivity contribution in [2.45, 2.75) is 19.4 Å². The van der Waals surface area contributed by atoms with E-state index >= 15 is 0 Å². The van der Waals surface area contributed by atoms with Gasteiger partial charge in [-0.15, -0.1) is 22.7 Å². The summed E-state index contributed by atoms with van der Waals surface area (Å²) in [4.78, 5) is 17.2. The van der Waals surface area contributed by atoms with Gasteiger partial charge in [0.1, 0.15) is 0 Å². The zero-order valence-corrected chi connectivity index (χ0v) is 11.7. The average Bonchev–Trinajstić information content (AvgIpc) is 3.04. The molecule has 18 heavy (non-hydrogen) atoms. The quantitative estimate of drug-likeness (QED) is 0.855. The SMILES string of the molecule is CNc1nc(CNC(=O)CCc2cccs2)cs1. The van der Waals surface area contributed by atoms with Crippen molar-refractivity contribution in [3.63, 3.8) is 0 Å². The molecule has 1 amide bonds. The minimum Gasteiger partial charge on any atom is -0.365 e. The third-order valence-electron chi connectivity index (χ3n) is 2.41. The summed E-state index contributed by atoms with van der Waals surface area (Å²) in [7, 11) is 1.84. The molecule has 0 aromatic carbocycles. The number of hydrogen-bond donors (Lipinski definition) is 2. The predicted octanol–water partition coefficient (Wildman–Crippen LogP) is 2.50. The highest BCUT2D eigenvalue weighted by Gasteiger charge is 2.05. The summed E-state index contributed by atoms with van der Waals surface area (Å²) in [5.74, 6) is 0.0717. The molecule has 0 aliphatic rings. The number of hydrogen-bond acceptors (Lipinski definition) is 5. The Kier molecular flexibility index (Phi) is 4.72. The minimum atomic E-state index is 0.0717. The van der Waals surface area contributed by atoms with Gasteiger partial charge in [-0.25, -0.2) is 4.98 Å². The highest BCUT2D eigenvalue weighted by atomic mass is 32.1. The molecule has 0 aliphatic carbocycles. The van der Waals surface area contributed by atoms with Gasteiger partial charge in [0.15, 0.2) is 5.13 Å². The summed E-state index contributed by atoms with van der Waals surface area (Å²) >= 11 is 3.23. The van der Waals surface area contributed by atoms with E-state index in [0.717, 1.165) is 17.2 Å². The van der Waals surface area contributed by atoms with Gasteiger partial charge in [0, 0.05) is 23.7 Å². The number of nitrogens with zero attached hydrogens (tertiary/aromatic N) is 1. The first kappa shape index (κ1) is 13.0. The van der Waals surface area contributed by atoms with E-state index in [1.165, 1.54) is 4.88 Å². The van der Waals surface area contributed by atoms with Crippen LogP contribution in [0.1, 0.15) is 17.0 Å². The number of carbonyl (C=O) groups excluding carboxylic acids is 1. The second-order valence-electron chi connectivity index (χ2n) is 3.75. The first-order chi connectivity index (χ1) is 8.78. The number of aromatic nitrogens is 1.